The van der Waals surface area contributed by atoms with E-state index >= 15 is 0 Å². The molecule has 4 heteroatoms. The number of ketones is 1. The molecule has 4 saturated carbocycles. The Morgan fingerprint density at radius 2 is 1.67 bits per heavy atom. The molecular weight excluding hydrogens is 448 g/mol. The van der Waals surface area contributed by atoms with Crippen molar-refractivity contribution >= 4 is 18.0 Å². The van der Waals surface area contributed by atoms with Gasteiger partial charge in [-0.05, 0) is 96.4 Å². The number of carbonyl (C=O) groups is 3. The van der Waals surface area contributed by atoms with E-state index < -0.39 is 0 Å². The summed E-state index contributed by atoms with van der Waals surface area (Å²) >= 11 is 0. The molecule has 0 aliphatic heterocycles. The van der Waals surface area contributed by atoms with Gasteiger partial charge in [-0.1, -0.05) is 54.0 Å². The van der Waals surface area contributed by atoms with E-state index in [0.717, 1.165) is 44.1 Å². The lowest BCUT2D eigenvalue weighted by molar-refractivity contribution is -0.233. The van der Waals surface area contributed by atoms with Gasteiger partial charge in [-0.2, -0.15) is 0 Å². The molecule has 0 saturated heterocycles. The number of hydrogen-bond donors (Lipinski definition) is 0. The summed E-state index contributed by atoms with van der Waals surface area (Å²) in [4.78, 5) is 37.6. The second-order valence-corrected chi connectivity index (χ2v) is 14.8. The standard InChI is InChI=1S/C32H48O4/c1-18(2)27-23(35)15-21-20(17-33)16-32(8)22(28(21)27)9-10-25-30(6)13-12-26(36-19(3)34)29(4,5)24(30)11-14-31(25,32)7/h17-18,20-22,24-26H,9-16H2,1-8H3/t20?,21?,22-,24+,25-,26+,30+,31-,32-/m1/s1. The van der Waals surface area contributed by atoms with Crippen molar-refractivity contribution in [3.63, 3.8) is 0 Å². The Morgan fingerprint density at radius 1 is 0.972 bits per heavy atom. The van der Waals surface area contributed by atoms with Crippen LogP contribution in [0.2, 0.25) is 0 Å². The van der Waals surface area contributed by atoms with Gasteiger partial charge in [0.25, 0.3) is 0 Å². The lowest BCUT2D eigenvalue weighted by atomic mass is 9.33. The van der Waals surface area contributed by atoms with E-state index in [1.165, 1.54) is 25.2 Å². The highest BCUT2D eigenvalue weighted by molar-refractivity contribution is 6.00. The molecule has 0 heterocycles. The van der Waals surface area contributed by atoms with Gasteiger partial charge >= 0.3 is 5.97 Å². The predicted octanol–water partition coefficient (Wildman–Crippen LogP) is 6.95. The van der Waals surface area contributed by atoms with E-state index in [0.29, 0.717) is 30.0 Å². The summed E-state index contributed by atoms with van der Waals surface area (Å²) in [5.41, 5.74) is 2.72. The Hall–Kier alpha value is -1.45. The summed E-state index contributed by atoms with van der Waals surface area (Å²) in [7, 11) is 0. The molecule has 0 aromatic heterocycles. The SMILES string of the molecule is CC(=O)O[C@H]1CC[C@]2(C)[C@H]3CC[C@@H]4C5=C(C(C)C)C(=O)CC5C(C=O)C[C@@]4(C)[C@]3(C)CC[C@H]2C1(C)C. The minimum atomic E-state index is -0.164. The largest absolute Gasteiger partial charge is 0.462 e. The van der Waals surface area contributed by atoms with E-state index in [4.69, 9.17) is 4.74 Å². The number of fused-ring (bicyclic) bond motifs is 7. The molecule has 2 unspecified atom stereocenters. The molecule has 36 heavy (non-hydrogen) atoms. The van der Waals surface area contributed by atoms with Gasteiger partial charge in [-0.25, -0.2) is 0 Å². The van der Waals surface area contributed by atoms with Crippen LogP contribution in [0.5, 0.6) is 0 Å². The molecule has 200 valence electrons. The summed E-state index contributed by atoms with van der Waals surface area (Å²) in [5, 5.41) is 0. The molecule has 0 aromatic rings. The Bertz CT molecular complexity index is 1010. The van der Waals surface area contributed by atoms with Crippen molar-refractivity contribution in [2.24, 2.45) is 57.2 Å². The first-order valence-corrected chi connectivity index (χ1v) is 14.6. The van der Waals surface area contributed by atoms with Crippen LogP contribution in [0.1, 0.15) is 107 Å². The molecule has 0 bridgehead atoms. The number of rotatable bonds is 3. The quantitative estimate of drug-likeness (QED) is 0.313. The highest BCUT2D eigenvalue weighted by Crippen LogP contribution is 2.75. The fourth-order valence-corrected chi connectivity index (χ4v) is 11.2. The van der Waals surface area contributed by atoms with Crippen LogP contribution in [-0.2, 0) is 19.1 Å². The molecule has 4 fully saturated rings. The first-order valence-electron chi connectivity index (χ1n) is 14.6. The third kappa shape index (κ3) is 3.27. The molecule has 4 nitrogen and oxygen atoms in total. The molecule has 0 amide bonds. The lowest BCUT2D eigenvalue weighted by Gasteiger charge is -2.72. The van der Waals surface area contributed by atoms with Gasteiger partial charge in [0.2, 0.25) is 0 Å². The van der Waals surface area contributed by atoms with Gasteiger partial charge in [-0.15, -0.1) is 0 Å². The second kappa shape index (κ2) is 8.27. The maximum absolute atomic E-state index is 13.2. The first-order chi connectivity index (χ1) is 16.7. The van der Waals surface area contributed by atoms with Crippen LogP contribution in [0, 0.1) is 57.2 Å². The molecule has 5 aliphatic carbocycles. The summed E-state index contributed by atoms with van der Waals surface area (Å²) in [6, 6.07) is 0. The number of carbonyl (C=O) groups excluding carboxylic acids is 3. The molecular formula is C32H48O4. The molecule has 0 aromatic carbocycles. The Kier molecular flexibility index (Phi) is 6.01. The van der Waals surface area contributed by atoms with E-state index in [-0.39, 0.29) is 51.5 Å². The summed E-state index contributed by atoms with van der Waals surface area (Å²) in [6.07, 6.45) is 9.29. The molecule has 5 aliphatic rings. The fourth-order valence-electron chi connectivity index (χ4n) is 11.2. The number of hydrogen-bond acceptors (Lipinski definition) is 4. The van der Waals surface area contributed by atoms with Crippen molar-refractivity contribution in [2.45, 2.75) is 113 Å². The number of aldehydes is 1. The minimum absolute atomic E-state index is 0.0116. The number of allylic oxidation sites excluding steroid dienone is 2. The van der Waals surface area contributed by atoms with Gasteiger partial charge in [0.1, 0.15) is 12.4 Å². The van der Waals surface area contributed by atoms with Crippen LogP contribution in [0.15, 0.2) is 11.1 Å². The smallest absolute Gasteiger partial charge is 0.302 e. The van der Waals surface area contributed by atoms with Crippen molar-refractivity contribution < 1.29 is 19.1 Å². The number of esters is 1. The normalized spacial score (nSPS) is 47.5. The summed E-state index contributed by atoms with van der Waals surface area (Å²) < 4.78 is 5.87. The van der Waals surface area contributed by atoms with Gasteiger partial charge < -0.3 is 9.53 Å². The molecule has 0 radical (unpaired) electrons. The van der Waals surface area contributed by atoms with Crippen LogP contribution < -0.4 is 0 Å². The van der Waals surface area contributed by atoms with Gasteiger partial charge in [0.15, 0.2) is 5.78 Å². The Morgan fingerprint density at radius 3 is 2.28 bits per heavy atom. The number of Topliss-reactive ketones (excluding diaryl/α,β-unsaturated/α-hetero) is 1. The van der Waals surface area contributed by atoms with Crippen molar-refractivity contribution in [2.75, 3.05) is 0 Å². The van der Waals surface area contributed by atoms with Crippen LogP contribution in [0.4, 0.5) is 0 Å². The average molecular weight is 497 g/mol. The molecule has 0 spiro atoms. The lowest BCUT2D eigenvalue weighted by Crippen LogP contribution is -2.66. The molecule has 9 atom stereocenters. The van der Waals surface area contributed by atoms with E-state index in [2.05, 4.69) is 48.5 Å². The summed E-state index contributed by atoms with van der Waals surface area (Å²) in [5.74, 6) is 1.95. The van der Waals surface area contributed by atoms with E-state index in [1.54, 1.807) is 0 Å². The molecule has 5 rings (SSSR count). The van der Waals surface area contributed by atoms with Crippen LogP contribution >= 0.6 is 0 Å². The Balaban J connectivity index is 1.57. The van der Waals surface area contributed by atoms with Gasteiger partial charge in [0, 0.05) is 24.7 Å². The zero-order valence-corrected chi connectivity index (χ0v) is 23.9. The summed E-state index contributed by atoms with van der Waals surface area (Å²) in [6.45, 7) is 18.1. The fraction of sp³-hybridized carbons (Fsp3) is 0.844. The maximum atomic E-state index is 13.2. The van der Waals surface area contributed by atoms with Gasteiger partial charge in [0.05, 0.1) is 0 Å². The average Bonchev–Trinajstić information content (AvgIpc) is 3.12. The maximum Gasteiger partial charge on any atom is 0.302 e. The monoisotopic (exact) mass is 496 g/mol. The van der Waals surface area contributed by atoms with Crippen LogP contribution in [0.3, 0.4) is 0 Å². The minimum Gasteiger partial charge on any atom is -0.462 e. The predicted molar refractivity (Wildman–Crippen MR) is 141 cm³/mol. The highest BCUT2D eigenvalue weighted by atomic mass is 16.5. The van der Waals surface area contributed by atoms with Crippen molar-refractivity contribution in [3.05, 3.63) is 11.1 Å². The first kappa shape index (κ1) is 26.2. The van der Waals surface area contributed by atoms with Crippen LogP contribution in [0.25, 0.3) is 0 Å². The third-order valence-corrected chi connectivity index (χ3v) is 12.8. The topological polar surface area (TPSA) is 60.4 Å². The van der Waals surface area contributed by atoms with Gasteiger partial charge in [-0.3, -0.25) is 9.59 Å². The van der Waals surface area contributed by atoms with E-state index in [1.807, 2.05) is 0 Å². The van der Waals surface area contributed by atoms with Crippen molar-refractivity contribution in [3.8, 4) is 0 Å². The van der Waals surface area contributed by atoms with Crippen molar-refractivity contribution in [1.29, 1.82) is 0 Å². The zero-order valence-electron chi connectivity index (χ0n) is 23.9. The Labute approximate surface area is 218 Å². The third-order valence-electron chi connectivity index (χ3n) is 12.8. The zero-order chi connectivity index (χ0) is 26.4. The van der Waals surface area contributed by atoms with E-state index in [9.17, 15) is 14.4 Å². The van der Waals surface area contributed by atoms with Crippen LogP contribution in [-0.4, -0.2) is 24.1 Å². The number of ether oxygens (including phenoxy) is 1. The van der Waals surface area contributed by atoms with Crippen molar-refractivity contribution in [1.82, 2.24) is 0 Å². The second-order valence-electron chi connectivity index (χ2n) is 14.8. The highest BCUT2D eigenvalue weighted by Gasteiger charge is 2.69. The molecule has 0 N–H and O–H groups in total.